The van der Waals surface area contributed by atoms with E-state index >= 15 is 0 Å². The number of pyridine rings is 1. The maximum Gasteiger partial charge on any atom is 0.270 e. The van der Waals surface area contributed by atoms with Crippen LogP contribution in [0.15, 0.2) is 18.3 Å². The predicted octanol–water partition coefficient (Wildman–Crippen LogP) is 1.16. The molecule has 2 amide bonds. The SMILES string of the molecule is CCNc1ccnc(C(=O)NC(C)C(=O)NC(C)C)c1. The molecule has 20 heavy (non-hydrogen) atoms. The summed E-state index contributed by atoms with van der Waals surface area (Å²) >= 11 is 0. The van der Waals surface area contributed by atoms with E-state index in [2.05, 4.69) is 20.9 Å². The van der Waals surface area contributed by atoms with Crippen molar-refractivity contribution in [1.29, 1.82) is 0 Å². The maximum atomic E-state index is 12.0. The van der Waals surface area contributed by atoms with Crippen molar-refractivity contribution in [2.45, 2.75) is 39.8 Å². The summed E-state index contributed by atoms with van der Waals surface area (Å²) in [6.07, 6.45) is 1.56. The summed E-state index contributed by atoms with van der Waals surface area (Å²) in [5.74, 6) is -0.577. The first-order chi connectivity index (χ1) is 9.43. The molecule has 0 saturated heterocycles. The molecule has 0 spiro atoms. The quantitative estimate of drug-likeness (QED) is 0.729. The highest BCUT2D eigenvalue weighted by Crippen LogP contribution is 2.07. The number of nitrogens with zero attached hydrogens (tertiary/aromatic N) is 1. The Hall–Kier alpha value is -2.11. The lowest BCUT2D eigenvalue weighted by molar-refractivity contribution is -0.123. The molecule has 1 atom stereocenters. The zero-order valence-electron chi connectivity index (χ0n) is 12.4. The van der Waals surface area contributed by atoms with Crippen LogP contribution in [0.4, 0.5) is 5.69 Å². The number of nitrogens with one attached hydrogen (secondary N) is 3. The zero-order valence-corrected chi connectivity index (χ0v) is 12.4. The van der Waals surface area contributed by atoms with Crippen molar-refractivity contribution in [2.24, 2.45) is 0 Å². The first-order valence-corrected chi connectivity index (χ1v) is 6.75. The van der Waals surface area contributed by atoms with E-state index in [9.17, 15) is 9.59 Å². The Balaban J connectivity index is 2.66. The molecule has 0 saturated carbocycles. The molecule has 3 N–H and O–H groups in total. The standard InChI is InChI=1S/C14H22N4O2/c1-5-15-11-6-7-16-12(8-11)14(20)18-10(4)13(19)17-9(2)3/h6-10H,5H2,1-4H3,(H,15,16)(H,17,19)(H,18,20). The lowest BCUT2D eigenvalue weighted by Gasteiger charge is -2.16. The van der Waals surface area contributed by atoms with Gasteiger partial charge >= 0.3 is 0 Å². The van der Waals surface area contributed by atoms with Gasteiger partial charge in [0.05, 0.1) is 0 Å². The molecule has 0 fully saturated rings. The highest BCUT2D eigenvalue weighted by Gasteiger charge is 2.17. The number of hydrogen-bond acceptors (Lipinski definition) is 4. The largest absolute Gasteiger partial charge is 0.385 e. The summed E-state index contributed by atoms with van der Waals surface area (Å²) in [6.45, 7) is 8.11. The van der Waals surface area contributed by atoms with Gasteiger partial charge in [-0.25, -0.2) is 0 Å². The van der Waals surface area contributed by atoms with Gasteiger partial charge in [-0.1, -0.05) is 0 Å². The lowest BCUT2D eigenvalue weighted by Crippen LogP contribution is -2.46. The fourth-order valence-corrected chi connectivity index (χ4v) is 1.61. The van der Waals surface area contributed by atoms with Crippen molar-refractivity contribution < 1.29 is 9.59 Å². The Labute approximate surface area is 119 Å². The molecule has 0 aliphatic heterocycles. The third-order valence-electron chi connectivity index (χ3n) is 2.55. The van der Waals surface area contributed by atoms with Crippen LogP contribution in [0.5, 0.6) is 0 Å². The fourth-order valence-electron chi connectivity index (χ4n) is 1.61. The minimum atomic E-state index is -0.602. The highest BCUT2D eigenvalue weighted by atomic mass is 16.2. The van der Waals surface area contributed by atoms with Gasteiger partial charge in [0, 0.05) is 24.5 Å². The molecule has 1 aromatic heterocycles. The highest BCUT2D eigenvalue weighted by molar-refractivity contribution is 5.96. The fraction of sp³-hybridized carbons (Fsp3) is 0.500. The summed E-state index contributed by atoms with van der Waals surface area (Å²) in [6, 6.07) is 2.88. The molecule has 1 rings (SSSR count). The van der Waals surface area contributed by atoms with Gasteiger partial charge in [-0.05, 0) is 39.8 Å². The normalized spacial score (nSPS) is 11.8. The van der Waals surface area contributed by atoms with Gasteiger partial charge in [-0.2, -0.15) is 0 Å². The molecule has 0 radical (unpaired) electrons. The molecule has 1 heterocycles. The Morgan fingerprint density at radius 3 is 2.55 bits per heavy atom. The van der Waals surface area contributed by atoms with E-state index in [1.165, 1.54) is 0 Å². The van der Waals surface area contributed by atoms with Crippen LogP contribution in [0.25, 0.3) is 0 Å². The average molecular weight is 278 g/mol. The van der Waals surface area contributed by atoms with Crippen molar-refractivity contribution in [2.75, 3.05) is 11.9 Å². The molecule has 0 bridgehead atoms. The number of carbonyl (C=O) groups is 2. The summed E-state index contributed by atoms with van der Waals surface area (Å²) in [7, 11) is 0. The van der Waals surface area contributed by atoms with Crippen molar-refractivity contribution in [1.82, 2.24) is 15.6 Å². The van der Waals surface area contributed by atoms with Crippen molar-refractivity contribution >= 4 is 17.5 Å². The van der Waals surface area contributed by atoms with Crippen molar-refractivity contribution in [3.63, 3.8) is 0 Å². The third-order valence-corrected chi connectivity index (χ3v) is 2.55. The van der Waals surface area contributed by atoms with E-state index in [0.29, 0.717) is 0 Å². The lowest BCUT2D eigenvalue weighted by atomic mass is 10.2. The van der Waals surface area contributed by atoms with Crippen LogP contribution in [-0.4, -0.2) is 35.4 Å². The molecular weight excluding hydrogens is 256 g/mol. The number of carbonyl (C=O) groups excluding carboxylic acids is 2. The van der Waals surface area contributed by atoms with E-state index in [4.69, 9.17) is 0 Å². The minimum absolute atomic E-state index is 0.0389. The van der Waals surface area contributed by atoms with Crippen LogP contribution < -0.4 is 16.0 Å². The molecular formula is C14H22N4O2. The van der Waals surface area contributed by atoms with Crippen LogP contribution >= 0.6 is 0 Å². The summed E-state index contributed by atoms with van der Waals surface area (Å²) < 4.78 is 0. The van der Waals surface area contributed by atoms with E-state index in [1.807, 2.05) is 20.8 Å². The minimum Gasteiger partial charge on any atom is -0.385 e. The van der Waals surface area contributed by atoms with E-state index in [0.717, 1.165) is 12.2 Å². The molecule has 0 aliphatic carbocycles. The number of aromatic nitrogens is 1. The van der Waals surface area contributed by atoms with Gasteiger partial charge in [0.1, 0.15) is 11.7 Å². The Morgan fingerprint density at radius 1 is 1.25 bits per heavy atom. The number of amides is 2. The Morgan fingerprint density at radius 2 is 1.95 bits per heavy atom. The van der Waals surface area contributed by atoms with Gasteiger partial charge in [0.2, 0.25) is 5.91 Å². The van der Waals surface area contributed by atoms with Crippen LogP contribution in [0.2, 0.25) is 0 Å². The summed E-state index contributed by atoms with van der Waals surface area (Å²) in [5.41, 5.74) is 1.11. The second-order valence-corrected chi connectivity index (χ2v) is 4.82. The summed E-state index contributed by atoms with van der Waals surface area (Å²) in [5, 5.41) is 8.48. The molecule has 0 aromatic carbocycles. The summed E-state index contributed by atoms with van der Waals surface area (Å²) in [4.78, 5) is 27.8. The van der Waals surface area contributed by atoms with Crippen molar-refractivity contribution in [3.05, 3.63) is 24.0 Å². The molecule has 1 unspecified atom stereocenters. The average Bonchev–Trinajstić information content (AvgIpc) is 2.38. The van der Waals surface area contributed by atoms with Gasteiger partial charge in [0.25, 0.3) is 5.91 Å². The van der Waals surface area contributed by atoms with Crippen LogP contribution in [0.1, 0.15) is 38.2 Å². The molecule has 110 valence electrons. The van der Waals surface area contributed by atoms with Crippen LogP contribution in [0.3, 0.4) is 0 Å². The molecule has 6 nitrogen and oxygen atoms in total. The first kappa shape index (κ1) is 15.9. The monoisotopic (exact) mass is 278 g/mol. The smallest absolute Gasteiger partial charge is 0.270 e. The van der Waals surface area contributed by atoms with Gasteiger partial charge < -0.3 is 16.0 Å². The second-order valence-electron chi connectivity index (χ2n) is 4.82. The van der Waals surface area contributed by atoms with Gasteiger partial charge in [-0.3, -0.25) is 14.6 Å². The predicted molar refractivity (Wildman–Crippen MR) is 78.6 cm³/mol. The molecule has 6 heteroatoms. The van der Waals surface area contributed by atoms with E-state index in [1.54, 1.807) is 25.3 Å². The zero-order chi connectivity index (χ0) is 15.1. The second kappa shape index (κ2) is 7.47. The number of anilines is 1. The van der Waals surface area contributed by atoms with Crippen molar-refractivity contribution in [3.8, 4) is 0 Å². The van der Waals surface area contributed by atoms with Gasteiger partial charge in [0.15, 0.2) is 0 Å². The maximum absolute atomic E-state index is 12.0. The first-order valence-electron chi connectivity index (χ1n) is 6.75. The Bertz CT molecular complexity index is 474. The van der Waals surface area contributed by atoms with E-state index in [-0.39, 0.29) is 23.6 Å². The Kier molecular flexibility index (Phi) is 5.96. The molecule has 0 aliphatic rings. The van der Waals surface area contributed by atoms with Gasteiger partial charge in [-0.15, -0.1) is 0 Å². The van der Waals surface area contributed by atoms with E-state index < -0.39 is 6.04 Å². The van der Waals surface area contributed by atoms with Crippen LogP contribution in [0, 0.1) is 0 Å². The number of hydrogen-bond donors (Lipinski definition) is 3. The number of rotatable bonds is 6. The molecule has 1 aromatic rings. The van der Waals surface area contributed by atoms with Crippen LogP contribution in [-0.2, 0) is 4.79 Å². The third kappa shape index (κ3) is 4.87. The topological polar surface area (TPSA) is 83.1 Å².